The summed E-state index contributed by atoms with van der Waals surface area (Å²) in [6.45, 7) is 4.14. The van der Waals surface area contributed by atoms with Gasteiger partial charge in [-0.05, 0) is 19.3 Å². The molecule has 0 amide bonds. The van der Waals surface area contributed by atoms with Crippen molar-refractivity contribution in [3.63, 3.8) is 0 Å². The second kappa shape index (κ2) is 4.04. The lowest BCUT2D eigenvalue weighted by molar-refractivity contribution is 0.488. The van der Waals surface area contributed by atoms with Gasteiger partial charge in [-0.1, -0.05) is 11.6 Å². The van der Waals surface area contributed by atoms with Crippen molar-refractivity contribution in [2.75, 3.05) is 18.0 Å². The first-order valence-electron chi connectivity index (χ1n) is 4.78. The number of nitrogens with zero attached hydrogens (tertiary/aromatic N) is 2. The number of hydrogen-bond acceptors (Lipinski definition) is 4. The van der Waals surface area contributed by atoms with Crippen LogP contribution in [0.15, 0.2) is 5.38 Å². The SMILES string of the molecule is CC(N)C1CCN(c2nc(Cl)cs2)C1. The van der Waals surface area contributed by atoms with Crippen molar-refractivity contribution >= 4 is 28.1 Å². The summed E-state index contributed by atoms with van der Waals surface area (Å²) in [6.07, 6.45) is 1.16. The van der Waals surface area contributed by atoms with E-state index in [-0.39, 0.29) is 6.04 Å². The van der Waals surface area contributed by atoms with E-state index in [0.717, 1.165) is 24.6 Å². The zero-order valence-corrected chi connectivity index (χ0v) is 9.68. The predicted molar refractivity (Wildman–Crippen MR) is 61.1 cm³/mol. The van der Waals surface area contributed by atoms with E-state index in [9.17, 15) is 0 Å². The van der Waals surface area contributed by atoms with Gasteiger partial charge in [-0.2, -0.15) is 0 Å². The molecule has 0 aliphatic carbocycles. The molecule has 0 aromatic carbocycles. The highest BCUT2D eigenvalue weighted by atomic mass is 35.5. The molecule has 2 atom stereocenters. The number of aromatic nitrogens is 1. The monoisotopic (exact) mass is 231 g/mol. The van der Waals surface area contributed by atoms with Gasteiger partial charge in [-0.25, -0.2) is 4.98 Å². The van der Waals surface area contributed by atoms with E-state index in [1.165, 1.54) is 0 Å². The van der Waals surface area contributed by atoms with Crippen LogP contribution in [0.25, 0.3) is 0 Å². The Morgan fingerprint density at radius 3 is 3.07 bits per heavy atom. The first kappa shape index (κ1) is 10.2. The first-order chi connectivity index (χ1) is 6.66. The van der Waals surface area contributed by atoms with Crippen LogP contribution < -0.4 is 10.6 Å². The molecule has 2 unspecified atom stereocenters. The number of thiazole rings is 1. The van der Waals surface area contributed by atoms with E-state index in [1.54, 1.807) is 11.3 Å². The Labute approximate surface area is 92.9 Å². The highest BCUT2D eigenvalue weighted by Crippen LogP contribution is 2.29. The summed E-state index contributed by atoms with van der Waals surface area (Å²) < 4.78 is 0. The van der Waals surface area contributed by atoms with Gasteiger partial charge in [0.05, 0.1) is 0 Å². The van der Waals surface area contributed by atoms with Crippen molar-refractivity contribution < 1.29 is 0 Å². The molecule has 2 N–H and O–H groups in total. The maximum Gasteiger partial charge on any atom is 0.186 e. The molecule has 0 bridgehead atoms. The molecule has 14 heavy (non-hydrogen) atoms. The molecule has 1 saturated heterocycles. The smallest absolute Gasteiger partial charge is 0.186 e. The second-order valence-electron chi connectivity index (χ2n) is 3.81. The van der Waals surface area contributed by atoms with Crippen molar-refractivity contribution in [1.29, 1.82) is 0 Å². The first-order valence-corrected chi connectivity index (χ1v) is 6.04. The Bertz CT molecular complexity index is 313. The lowest BCUT2D eigenvalue weighted by Gasteiger charge is -2.16. The van der Waals surface area contributed by atoms with Gasteiger partial charge >= 0.3 is 0 Å². The average Bonchev–Trinajstić information content (AvgIpc) is 2.70. The van der Waals surface area contributed by atoms with E-state index in [4.69, 9.17) is 17.3 Å². The van der Waals surface area contributed by atoms with Crippen LogP contribution in [0.2, 0.25) is 5.15 Å². The molecule has 78 valence electrons. The van der Waals surface area contributed by atoms with Gasteiger partial charge in [0.25, 0.3) is 0 Å². The molecule has 0 radical (unpaired) electrons. The van der Waals surface area contributed by atoms with Crippen molar-refractivity contribution in [1.82, 2.24) is 4.98 Å². The van der Waals surface area contributed by atoms with E-state index in [1.807, 2.05) is 5.38 Å². The Morgan fingerprint density at radius 2 is 2.57 bits per heavy atom. The molecule has 3 nitrogen and oxygen atoms in total. The topological polar surface area (TPSA) is 42.1 Å². The molecule has 1 aromatic heterocycles. The summed E-state index contributed by atoms with van der Waals surface area (Å²) in [6, 6.07) is 0.274. The fourth-order valence-electron chi connectivity index (χ4n) is 1.78. The standard InChI is InChI=1S/C9H14ClN3S/c1-6(11)7-2-3-13(4-7)9-12-8(10)5-14-9/h5-7H,2-4,11H2,1H3. The summed E-state index contributed by atoms with van der Waals surface area (Å²) in [7, 11) is 0. The van der Waals surface area contributed by atoms with Gasteiger partial charge in [-0.3, -0.25) is 0 Å². The lowest BCUT2D eigenvalue weighted by Crippen LogP contribution is -2.29. The Hall–Kier alpha value is -0.320. The Balaban J connectivity index is 2.02. The average molecular weight is 232 g/mol. The number of anilines is 1. The fourth-order valence-corrected chi connectivity index (χ4v) is 2.77. The summed E-state index contributed by atoms with van der Waals surface area (Å²) in [4.78, 5) is 6.52. The van der Waals surface area contributed by atoms with Crippen molar-refractivity contribution in [2.45, 2.75) is 19.4 Å². The maximum absolute atomic E-state index is 5.87. The van der Waals surface area contributed by atoms with Crippen LogP contribution >= 0.6 is 22.9 Å². The normalized spacial score (nSPS) is 24.2. The minimum Gasteiger partial charge on any atom is -0.348 e. The largest absolute Gasteiger partial charge is 0.348 e. The number of nitrogens with two attached hydrogens (primary N) is 1. The minimum absolute atomic E-state index is 0.274. The van der Waals surface area contributed by atoms with Crippen LogP contribution in [0, 0.1) is 5.92 Å². The van der Waals surface area contributed by atoms with Gasteiger partial charge in [0, 0.05) is 24.5 Å². The molecule has 2 heterocycles. The number of rotatable bonds is 2. The third-order valence-electron chi connectivity index (χ3n) is 2.70. The molecule has 1 aromatic rings. The summed E-state index contributed by atoms with van der Waals surface area (Å²) in [5.41, 5.74) is 5.87. The molecule has 2 rings (SSSR count). The molecule has 1 aliphatic heterocycles. The Morgan fingerprint density at radius 1 is 1.79 bits per heavy atom. The van der Waals surface area contributed by atoms with Crippen LogP contribution in [-0.2, 0) is 0 Å². The second-order valence-corrected chi connectivity index (χ2v) is 5.03. The fraction of sp³-hybridized carbons (Fsp3) is 0.667. The highest BCUT2D eigenvalue weighted by Gasteiger charge is 2.26. The van der Waals surface area contributed by atoms with Crippen molar-refractivity contribution in [3.8, 4) is 0 Å². The van der Waals surface area contributed by atoms with E-state index < -0.39 is 0 Å². The van der Waals surface area contributed by atoms with Gasteiger partial charge in [0.1, 0.15) is 5.15 Å². The molecule has 1 fully saturated rings. The minimum atomic E-state index is 0.274. The van der Waals surface area contributed by atoms with E-state index in [0.29, 0.717) is 11.1 Å². The molecule has 1 aliphatic rings. The molecular weight excluding hydrogens is 218 g/mol. The molecule has 0 saturated carbocycles. The summed E-state index contributed by atoms with van der Waals surface area (Å²) >= 11 is 7.39. The number of halogens is 1. The predicted octanol–water partition coefficient (Wildman–Crippen LogP) is 1.97. The molecular formula is C9H14ClN3S. The van der Waals surface area contributed by atoms with Crippen LogP contribution in [-0.4, -0.2) is 24.1 Å². The van der Waals surface area contributed by atoms with Gasteiger partial charge in [0.2, 0.25) is 0 Å². The van der Waals surface area contributed by atoms with Crippen LogP contribution in [0.1, 0.15) is 13.3 Å². The van der Waals surface area contributed by atoms with Crippen LogP contribution in [0.4, 0.5) is 5.13 Å². The number of hydrogen-bond donors (Lipinski definition) is 1. The third kappa shape index (κ3) is 2.02. The van der Waals surface area contributed by atoms with Gasteiger partial charge in [-0.15, -0.1) is 11.3 Å². The quantitative estimate of drug-likeness (QED) is 0.846. The third-order valence-corrected chi connectivity index (χ3v) is 3.93. The summed E-state index contributed by atoms with van der Waals surface area (Å²) in [5.74, 6) is 0.595. The lowest BCUT2D eigenvalue weighted by atomic mass is 10.0. The van der Waals surface area contributed by atoms with E-state index in [2.05, 4.69) is 16.8 Å². The zero-order valence-electron chi connectivity index (χ0n) is 8.11. The Kier molecular flexibility index (Phi) is 2.95. The van der Waals surface area contributed by atoms with Crippen LogP contribution in [0.5, 0.6) is 0 Å². The zero-order chi connectivity index (χ0) is 10.1. The highest BCUT2D eigenvalue weighted by molar-refractivity contribution is 7.14. The maximum atomic E-state index is 5.87. The molecule has 0 spiro atoms. The van der Waals surface area contributed by atoms with E-state index >= 15 is 0 Å². The summed E-state index contributed by atoms with van der Waals surface area (Å²) in [5, 5.41) is 3.49. The molecule has 5 heteroatoms. The van der Waals surface area contributed by atoms with Crippen molar-refractivity contribution in [2.24, 2.45) is 11.7 Å². The van der Waals surface area contributed by atoms with Gasteiger partial charge < -0.3 is 10.6 Å². The van der Waals surface area contributed by atoms with Crippen LogP contribution in [0.3, 0.4) is 0 Å². The van der Waals surface area contributed by atoms with Gasteiger partial charge in [0.15, 0.2) is 5.13 Å². The van der Waals surface area contributed by atoms with Crippen molar-refractivity contribution in [3.05, 3.63) is 10.5 Å².